The Balaban J connectivity index is 3.00. The van der Waals surface area contributed by atoms with Gasteiger partial charge in [0.2, 0.25) is 0 Å². The zero-order valence-electron chi connectivity index (χ0n) is 9.38. The maximum Gasteiger partial charge on any atom is 0.256 e. The summed E-state index contributed by atoms with van der Waals surface area (Å²) in [6, 6.07) is 4.68. The van der Waals surface area contributed by atoms with Crippen molar-refractivity contribution in [3.8, 4) is 0 Å². The summed E-state index contributed by atoms with van der Waals surface area (Å²) in [5, 5.41) is 0. The van der Waals surface area contributed by atoms with Crippen molar-refractivity contribution in [2.45, 2.75) is 20.8 Å². The van der Waals surface area contributed by atoms with Gasteiger partial charge in [0, 0.05) is 13.1 Å². The molecule has 1 amide bonds. The van der Waals surface area contributed by atoms with E-state index < -0.39 is 5.82 Å². The highest BCUT2D eigenvalue weighted by Gasteiger charge is 2.16. The minimum absolute atomic E-state index is 0.157. The highest BCUT2D eigenvalue weighted by molar-refractivity contribution is 5.94. The lowest BCUT2D eigenvalue weighted by atomic mass is 10.1. The number of nitrogens with zero attached hydrogens (tertiary/aromatic N) is 1. The largest absolute Gasteiger partial charge is 0.339 e. The highest BCUT2D eigenvalue weighted by atomic mass is 19.1. The summed E-state index contributed by atoms with van der Waals surface area (Å²) < 4.78 is 13.5. The van der Waals surface area contributed by atoms with Crippen molar-refractivity contribution in [1.29, 1.82) is 0 Å². The van der Waals surface area contributed by atoms with E-state index in [1.807, 2.05) is 13.8 Å². The van der Waals surface area contributed by atoms with Crippen molar-refractivity contribution < 1.29 is 9.18 Å². The second-order valence-electron chi connectivity index (χ2n) is 3.46. The summed E-state index contributed by atoms with van der Waals surface area (Å²) in [5.41, 5.74) is 0.980. The number of halogens is 1. The Labute approximate surface area is 89.7 Å². The van der Waals surface area contributed by atoms with E-state index in [0.717, 1.165) is 5.56 Å². The van der Waals surface area contributed by atoms with Crippen LogP contribution in [0.25, 0.3) is 0 Å². The Hall–Kier alpha value is -1.38. The topological polar surface area (TPSA) is 20.3 Å². The molecule has 0 aliphatic carbocycles. The third-order valence-electron chi connectivity index (χ3n) is 2.41. The van der Waals surface area contributed by atoms with Crippen molar-refractivity contribution in [2.24, 2.45) is 0 Å². The molecule has 0 N–H and O–H groups in total. The zero-order valence-corrected chi connectivity index (χ0v) is 9.38. The Kier molecular flexibility index (Phi) is 3.83. The van der Waals surface area contributed by atoms with Gasteiger partial charge in [-0.1, -0.05) is 6.07 Å². The number of rotatable bonds is 3. The van der Waals surface area contributed by atoms with Crippen LogP contribution in [0.3, 0.4) is 0 Å². The molecular formula is C12H16FNO. The fourth-order valence-electron chi connectivity index (χ4n) is 1.47. The number of aryl methyl sites for hydroxylation is 1. The van der Waals surface area contributed by atoms with E-state index in [9.17, 15) is 9.18 Å². The first-order chi connectivity index (χ1) is 7.10. The van der Waals surface area contributed by atoms with Crippen LogP contribution in [0.5, 0.6) is 0 Å². The van der Waals surface area contributed by atoms with Crippen LogP contribution in [0.4, 0.5) is 4.39 Å². The van der Waals surface area contributed by atoms with Crippen LogP contribution in [-0.2, 0) is 0 Å². The summed E-state index contributed by atoms with van der Waals surface area (Å²) in [4.78, 5) is 13.4. The lowest BCUT2D eigenvalue weighted by Crippen LogP contribution is -2.31. The lowest BCUT2D eigenvalue weighted by Gasteiger charge is -2.18. The third kappa shape index (κ3) is 2.55. The monoisotopic (exact) mass is 209 g/mol. The van der Waals surface area contributed by atoms with Crippen LogP contribution in [-0.4, -0.2) is 23.9 Å². The number of hydrogen-bond donors (Lipinski definition) is 0. The van der Waals surface area contributed by atoms with E-state index in [0.29, 0.717) is 13.1 Å². The van der Waals surface area contributed by atoms with E-state index in [2.05, 4.69) is 0 Å². The molecule has 82 valence electrons. The molecule has 0 aliphatic rings. The smallest absolute Gasteiger partial charge is 0.256 e. The second kappa shape index (κ2) is 4.91. The molecule has 0 fully saturated rings. The summed E-state index contributed by atoms with van der Waals surface area (Å²) in [7, 11) is 0. The molecule has 0 radical (unpaired) electrons. The summed E-state index contributed by atoms with van der Waals surface area (Å²) in [6.45, 7) is 6.76. The first-order valence-electron chi connectivity index (χ1n) is 5.15. The minimum atomic E-state index is -0.438. The van der Waals surface area contributed by atoms with Crippen LogP contribution in [0.2, 0.25) is 0 Å². The van der Waals surface area contributed by atoms with Crippen LogP contribution >= 0.6 is 0 Å². The molecule has 3 heteroatoms. The molecule has 0 heterocycles. The molecule has 0 aromatic heterocycles. The van der Waals surface area contributed by atoms with Crippen molar-refractivity contribution >= 4 is 5.91 Å². The summed E-state index contributed by atoms with van der Waals surface area (Å²) in [6.07, 6.45) is 0. The fourth-order valence-corrected chi connectivity index (χ4v) is 1.47. The number of benzene rings is 1. The van der Waals surface area contributed by atoms with Gasteiger partial charge in [0.1, 0.15) is 5.82 Å². The number of carbonyl (C=O) groups excluding carboxylic acids is 1. The fraction of sp³-hybridized carbons (Fsp3) is 0.417. The molecule has 0 aliphatic heterocycles. The van der Waals surface area contributed by atoms with Gasteiger partial charge in [-0.2, -0.15) is 0 Å². The predicted molar refractivity (Wildman–Crippen MR) is 58.4 cm³/mol. The minimum Gasteiger partial charge on any atom is -0.339 e. The average Bonchev–Trinajstić information content (AvgIpc) is 2.19. The Morgan fingerprint density at radius 3 is 2.40 bits per heavy atom. The molecule has 0 bridgehead atoms. The molecule has 15 heavy (non-hydrogen) atoms. The van der Waals surface area contributed by atoms with Crippen LogP contribution in [0.15, 0.2) is 18.2 Å². The average molecular weight is 209 g/mol. The summed E-state index contributed by atoms with van der Waals surface area (Å²) in [5.74, 6) is -0.676. The van der Waals surface area contributed by atoms with E-state index in [4.69, 9.17) is 0 Å². The Morgan fingerprint density at radius 2 is 1.93 bits per heavy atom. The zero-order chi connectivity index (χ0) is 11.4. The van der Waals surface area contributed by atoms with Gasteiger partial charge in [0.05, 0.1) is 5.56 Å². The van der Waals surface area contributed by atoms with E-state index in [1.165, 1.54) is 6.07 Å². The molecule has 0 spiro atoms. The van der Waals surface area contributed by atoms with Gasteiger partial charge < -0.3 is 4.90 Å². The van der Waals surface area contributed by atoms with Gasteiger partial charge in [0.15, 0.2) is 0 Å². The van der Waals surface area contributed by atoms with Crippen molar-refractivity contribution in [3.63, 3.8) is 0 Å². The molecule has 0 saturated heterocycles. The van der Waals surface area contributed by atoms with Gasteiger partial charge in [-0.3, -0.25) is 4.79 Å². The molecule has 0 saturated carbocycles. The van der Waals surface area contributed by atoms with Crippen LogP contribution in [0, 0.1) is 12.7 Å². The SMILES string of the molecule is CCN(CC)C(=O)c1ccc(C)cc1F. The number of carbonyl (C=O) groups is 1. The first-order valence-corrected chi connectivity index (χ1v) is 5.15. The lowest BCUT2D eigenvalue weighted by molar-refractivity contribution is 0.0768. The normalized spacial score (nSPS) is 10.1. The summed E-state index contributed by atoms with van der Waals surface area (Å²) >= 11 is 0. The van der Waals surface area contributed by atoms with Crippen molar-refractivity contribution in [2.75, 3.05) is 13.1 Å². The van der Waals surface area contributed by atoms with Gasteiger partial charge in [-0.25, -0.2) is 4.39 Å². The maximum atomic E-state index is 13.5. The molecule has 1 rings (SSSR count). The Bertz CT molecular complexity index is 359. The molecule has 1 aromatic rings. The molecule has 1 aromatic carbocycles. The molecule has 0 unspecified atom stereocenters. The van der Waals surface area contributed by atoms with Crippen LogP contribution in [0.1, 0.15) is 29.8 Å². The number of hydrogen-bond acceptors (Lipinski definition) is 1. The standard InChI is InChI=1S/C12H16FNO/c1-4-14(5-2)12(15)10-7-6-9(3)8-11(10)13/h6-8H,4-5H2,1-3H3. The Morgan fingerprint density at radius 1 is 1.33 bits per heavy atom. The third-order valence-corrected chi connectivity index (χ3v) is 2.41. The van der Waals surface area contributed by atoms with E-state index in [-0.39, 0.29) is 11.5 Å². The quantitative estimate of drug-likeness (QED) is 0.749. The molecule has 0 atom stereocenters. The van der Waals surface area contributed by atoms with E-state index in [1.54, 1.807) is 24.0 Å². The van der Waals surface area contributed by atoms with Crippen molar-refractivity contribution in [3.05, 3.63) is 35.1 Å². The van der Waals surface area contributed by atoms with E-state index >= 15 is 0 Å². The van der Waals surface area contributed by atoms with Gasteiger partial charge in [-0.15, -0.1) is 0 Å². The molecular weight excluding hydrogens is 193 g/mol. The molecule has 2 nitrogen and oxygen atoms in total. The second-order valence-corrected chi connectivity index (χ2v) is 3.46. The number of amides is 1. The van der Waals surface area contributed by atoms with Gasteiger partial charge >= 0.3 is 0 Å². The van der Waals surface area contributed by atoms with Crippen LogP contribution < -0.4 is 0 Å². The highest BCUT2D eigenvalue weighted by Crippen LogP contribution is 2.12. The predicted octanol–water partition coefficient (Wildman–Crippen LogP) is 2.62. The van der Waals surface area contributed by atoms with Gasteiger partial charge in [-0.05, 0) is 38.5 Å². The van der Waals surface area contributed by atoms with Crippen molar-refractivity contribution in [1.82, 2.24) is 4.90 Å². The van der Waals surface area contributed by atoms with Gasteiger partial charge in [0.25, 0.3) is 5.91 Å². The first kappa shape index (κ1) is 11.7. The maximum absolute atomic E-state index is 13.5.